The summed E-state index contributed by atoms with van der Waals surface area (Å²) in [4.78, 5) is 15.0. The zero-order valence-electron chi connectivity index (χ0n) is 21.8. The number of ether oxygens (including phenoxy) is 2. The maximum atomic E-state index is 13.8. The second-order valence-corrected chi connectivity index (χ2v) is 15.8. The molecule has 1 unspecified atom stereocenters. The molecule has 1 fully saturated rings. The molecule has 0 aromatic carbocycles. The lowest BCUT2D eigenvalue weighted by Crippen LogP contribution is -2.39. The molecule has 0 amide bonds. The van der Waals surface area contributed by atoms with Gasteiger partial charge in [-0.1, -0.05) is 51.9 Å². The predicted octanol–water partition coefficient (Wildman–Crippen LogP) is 6.24. The second-order valence-electron chi connectivity index (χ2n) is 10.9. The van der Waals surface area contributed by atoms with Crippen LogP contribution >= 0.6 is 18.0 Å². The quantitative estimate of drug-likeness (QED) is 0.152. The second kappa shape index (κ2) is 13.1. The minimum Gasteiger partial charge on any atom is -0.464 e. The van der Waals surface area contributed by atoms with Gasteiger partial charge in [0.25, 0.3) is 6.57 Å². The van der Waals surface area contributed by atoms with Gasteiger partial charge in [-0.15, -0.1) is 0 Å². The van der Waals surface area contributed by atoms with E-state index in [0.29, 0.717) is 11.9 Å². The van der Waals surface area contributed by atoms with Crippen LogP contribution in [0.2, 0.25) is 0 Å². The third kappa shape index (κ3) is 11.4. The van der Waals surface area contributed by atoms with Gasteiger partial charge in [-0.05, 0) is 52.5 Å². The Balaban J connectivity index is 2.58. The van der Waals surface area contributed by atoms with Gasteiger partial charge in [0.05, 0.1) is 24.2 Å². The minimum atomic E-state index is -2.93. The highest BCUT2D eigenvalue weighted by atomic mass is 32.7. The van der Waals surface area contributed by atoms with Crippen LogP contribution in [0.5, 0.6) is 0 Å². The molecule has 1 atom stereocenters. The summed E-state index contributed by atoms with van der Waals surface area (Å²) < 4.78 is 31.0. The van der Waals surface area contributed by atoms with Crippen molar-refractivity contribution in [2.24, 2.45) is 10.8 Å². The molecular formula is C24H48NO5PS. The Morgan fingerprint density at radius 1 is 1.06 bits per heavy atom. The Morgan fingerprint density at radius 3 is 2.25 bits per heavy atom. The zero-order valence-corrected chi connectivity index (χ0v) is 23.5. The molecule has 1 rings (SSSR count). The standard InChI is InChI=1S/C24H48NO5PS/c1-9-11-24(7,8)30-31(27,20-22(3,4)10-2)32-19-18-29-21(26)23(5,6)12-13-25-14-16-28-17-15-25/h9-20H2,1-8H3. The molecule has 8 heteroatoms. The van der Waals surface area contributed by atoms with E-state index in [4.69, 9.17) is 14.0 Å². The number of hydrogen-bond donors (Lipinski definition) is 0. The van der Waals surface area contributed by atoms with Gasteiger partial charge in [0.1, 0.15) is 6.61 Å². The largest absolute Gasteiger partial charge is 0.464 e. The number of nitrogens with zero attached hydrogens (tertiary/aromatic N) is 1. The average Bonchev–Trinajstić information content (AvgIpc) is 2.69. The van der Waals surface area contributed by atoms with Crippen LogP contribution in [0.25, 0.3) is 0 Å². The van der Waals surface area contributed by atoms with E-state index >= 15 is 0 Å². The van der Waals surface area contributed by atoms with E-state index in [1.807, 2.05) is 27.7 Å². The maximum absolute atomic E-state index is 13.8. The molecule has 32 heavy (non-hydrogen) atoms. The molecule has 0 saturated carbocycles. The number of carbonyl (C=O) groups is 1. The van der Waals surface area contributed by atoms with Crippen molar-refractivity contribution in [2.45, 2.75) is 86.7 Å². The average molecular weight is 494 g/mol. The summed E-state index contributed by atoms with van der Waals surface area (Å²) in [5, 5.41) is 0. The molecule has 0 radical (unpaired) electrons. The maximum Gasteiger partial charge on any atom is 0.311 e. The van der Waals surface area contributed by atoms with Crippen molar-refractivity contribution in [2.75, 3.05) is 51.4 Å². The van der Waals surface area contributed by atoms with Crippen molar-refractivity contribution in [3.63, 3.8) is 0 Å². The molecule has 1 aliphatic rings. The van der Waals surface area contributed by atoms with Gasteiger partial charge >= 0.3 is 5.97 Å². The van der Waals surface area contributed by atoms with Gasteiger partial charge in [0.2, 0.25) is 0 Å². The van der Waals surface area contributed by atoms with E-state index in [1.165, 1.54) is 11.4 Å². The van der Waals surface area contributed by atoms with Gasteiger partial charge in [-0.3, -0.25) is 14.3 Å². The first-order valence-electron chi connectivity index (χ1n) is 12.2. The highest BCUT2D eigenvalue weighted by Gasteiger charge is 2.37. The smallest absolute Gasteiger partial charge is 0.311 e. The monoisotopic (exact) mass is 493 g/mol. The molecule has 0 aromatic rings. The fraction of sp³-hybridized carbons (Fsp3) is 0.958. The molecular weight excluding hydrogens is 445 g/mol. The van der Waals surface area contributed by atoms with Crippen molar-refractivity contribution in [3.8, 4) is 0 Å². The molecule has 1 aliphatic heterocycles. The van der Waals surface area contributed by atoms with Gasteiger partial charge < -0.3 is 14.0 Å². The van der Waals surface area contributed by atoms with Crippen LogP contribution in [0, 0.1) is 10.8 Å². The van der Waals surface area contributed by atoms with Crippen molar-refractivity contribution < 1.29 is 23.4 Å². The highest BCUT2D eigenvalue weighted by molar-refractivity contribution is 8.56. The number of rotatable bonds is 15. The molecule has 190 valence electrons. The molecule has 0 N–H and O–H groups in total. The first-order chi connectivity index (χ1) is 14.7. The third-order valence-corrected chi connectivity index (χ3v) is 11.2. The summed E-state index contributed by atoms with van der Waals surface area (Å²) in [7, 11) is 0. The zero-order chi connectivity index (χ0) is 24.5. The number of hydrogen-bond acceptors (Lipinski definition) is 7. The van der Waals surface area contributed by atoms with Crippen LogP contribution in [0.4, 0.5) is 0 Å². The molecule has 1 heterocycles. The van der Waals surface area contributed by atoms with E-state index in [-0.39, 0.29) is 18.0 Å². The van der Waals surface area contributed by atoms with Gasteiger partial charge in [-0.25, -0.2) is 0 Å². The topological polar surface area (TPSA) is 65.1 Å². The van der Waals surface area contributed by atoms with Gasteiger partial charge in [-0.2, -0.15) is 0 Å². The van der Waals surface area contributed by atoms with Crippen molar-refractivity contribution in [1.82, 2.24) is 4.90 Å². The normalized spacial score (nSPS) is 18.4. The summed E-state index contributed by atoms with van der Waals surface area (Å²) in [6.07, 6.45) is 4.04. The first-order valence-corrected chi connectivity index (χ1v) is 15.6. The van der Waals surface area contributed by atoms with Gasteiger partial charge in [0, 0.05) is 25.0 Å². The van der Waals surface area contributed by atoms with Crippen molar-refractivity contribution in [3.05, 3.63) is 0 Å². The van der Waals surface area contributed by atoms with Crippen molar-refractivity contribution in [1.29, 1.82) is 0 Å². The van der Waals surface area contributed by atoms with Crippen LogP contribution in [0.3, 0.4) is 0 Å². The minimum absolute atomic E-state index is 0.0665. The fourth-order valence-corrected chi connectivity index (χ4v) is 9.54. The predicted molar refractivity (Wildman–Crippen MR) is 136 cm³/mol. The highest BCUT2D eigenvalue weighted by Crippen LogP contribution is 2.65. The van der Waals surface area contributed by atoms with Crippen LogP contribution in [-0.2, 0) is 23.4 Å². The molecule has 6 nitrogen and oxygen atoms in total. The van der Waals surface area contributed by atoms with E-state index < -0.39 is 17.6 Å². The Hall–Kier alpha value is -0.0700. The van der Waals surface area contributed by atoms with Gasteiger partial charge in [0.15, 0.2) is 0 Å². The molecule has 0 aliphatic carbocycles. The van der Waals surface area contributed by atoms with Crippen LogP contribution in [0.1, 0.15) is 81.1 Å². The molecule has 0 bridgehead atoms. The number of carbonyl (C=O) groups excluding carboxylic acids is 1. The summed E-state index contributed by atoms with van der Waals surface area (Å²) in [6, 6.07) is 0. The SMILES string of the molecule is CCCC(C)(C)OP(=O)(CC(C)(C)CC)SCCOC(=O)C(C)(C)CCN1CCOCC1. The Kier molecular flexibility index (Phi) is 12.3. The van der Waals surface area contributed by atoms with E-state index in [9.17, 15) is 9.36 Å². The van der Waals surface area contributed by atoms with Crippen LogP contribution in [0.15, 0.2) is 0 Å². The van der Waals surface area contributed by atoms with E-state index in [1.54, 1.807) is 0 Å². The summed E-state index contributed by atoms with van der Waals surface area (Å²) in [6.45, 7) is 17.9. The lowest BCUT2D eigenvalue weighted by atomic mass is 9.89. The Labute approximate surface area is 201 Å². The molecule has 0 aromatic heterocycles. The van der Waals surface area contributed by atoms with Crippen LogP contribution in [-0.4, -0.2) is 67.8 Å². The Morgan fingerprint density at radius 2 is 1.69 bits per heavy atom. The third-order valence-electron chi connectivity index (χ3n) is 6.13. The lowest BCUT2D eigenvalue weighted by Gasteiger charge is -2.34. The Bertz CT molecular complexity index is 618. The van der Waals surface area contributed by atoms with Crippen LogP contribution < -0.4 is 0 Å². The van der Waals surface area contributed by atoms with Crippen molar-refractivity contribution >= 4 is 23.9 Å². The number of esters is 1. The summed E-state index contributed by atoms with van der Waals surface area (Å²) in [5.74, 6) is 0.284. The lowest BCUT2D eigenvalue weighted by molar-refractivity contribution is -0.153. The molecule has 1 saturated heterocycles. The van der Waals surface area contributed by atoms with E-state index in [2.05, 4.69) is 32.6 Å². The number of morpholine rings is 1. The first kappa shape index (κ1) is 30.0. The summed E-state index contributed by atoms with van der Waals surface area (Å²) >= 11 is 1.34. The summed E-state index contributed by atoms with van der Waals surface area (Å²) in [5.41, 5.74) is -1.04. The fourth-order valence-electron chi connectivity index (χ4n) is 3.64. The molecule has 0 spiro atoms. The van der Waals surface area contributed by atoms with E-state index in [0.717, 1.165) is 58.5 Å².